The summed E-state index contributed by atoms with van der Waals surface area (Å²) in [7, 11) is 0. The molecule has 0 aliphatic carbocycles. The number of benzene rings is 1. The molecule has 2 rings (SSSR count). The van der Waals surface area contributed by atoms with E-state index in [-0.39, 0.29) is 6.04 Å². The summed E-state index contributed by atoms with van der Waals surface area (Å²) in [5.41, 5.74) is 9.38. The lowest BCUT2D eigenvalue weighted by atomic mass is 10.0. The second-order valence-electron chi connectivity index (χ2n) is 4.31. The second kappa shape index (κ2) is 4.14. The molecule has 1 atom stereocenters. The Hall–Kier alpha value is -1.54. The fourth-order valence-electron chi connectivity index (χ4n) is 1.74. The molecule has 0 saturated heterocycles. The van der Waals surface area contributed by atoms with Crippen molar-refractivity contribution in [2.24, 2.45) is 5.73 Å². The summed E-state index contributed by atoms with van der Waals surface area (Å²) < 4.78 is 5.74. The number of rotatable bonds is 2. The lowest BCUT2D eigenvalue weighted by Gasteiger charge is -2.04. The normalized spacial score (nSPS) is 12.8. The molecule has 84 valence electrons. The van der Waals surface area contributed by atoms with Gasteiger partial charge in [0.25, 0.3) is 0 Å². The van der Waals surface area contributed by atoms with E-state index in [4.69, 9.17) is 10.2 Å². The molecule has 2 N–H and O–H groups in total. The average molecular weight is 215 g/mol. The van der Waals surface area contributed by atoms with E-state index in [1.807, 2.05) is 19.1 Å². The minimum absolute atomic E-state index is 0.0566. The first kappa shape index (κ1) is 11.0. The van der Waals surface area contributed by atoms with Crippen molar-refractivity contribution >= 4 is 0 Å². The van der Waals surface area contributed by atoms with Gasteiger partial charge in [0.05, 0.1) is 6.04 Å². The van der Waals surface area contributed by atoms with E-state index in [1.165, 1.54) is 11.1 Å². The molecule has 16 heavy (non-hydrogen) atoms. The molecule has 0 aliphatic heterocycles. The Labute approximate surface area is 96.1 Å². The van der Waals surface area contributed by atoms with E-state index in [0.29, 0.717) is 0 Å². The molecule has 0 aliphatic rings. The lowest BCUT2D eigenvalue weighted by Crippen LogP contribution is -2.02. The highest BCUT2D eigenvalue weighted by molar-refractivity contribution is 5.63. The van der Waals surface area contributed by atoms with E-state index in [9.17, 15) is 0 Å². The van der Waals surface area contributed by atoms with Crippen molar-refractivity contribution in [3.63, 3.8) is 0 Å². The molecule has 2 nitrogen and oxygen atoms in total. The molecule has 2 aromatic rings. The van der Waals surface area contributed by atoms with E-state index < -0.39 is 0 Å². The molecule has 0 amide bonds. The highest BCUT2D eigenvalue weighted by Crippen LogP contribution is 2.27. The second-order valence-corrected chi connectivity index (χ2v) is 4.31. The van der Waals surface area contributed by atoms with Gasteiger partial charge in [-0.1, -0.05) is 17.7 Å². The van der Waals surface area contributed by atoms with Crippen LogP contribution in [-0.4, -0.2) is 0 Å². The van der Waals surface area contributed by atoms with Crippen LogP contribution in [0.5, 0.6) is 0 Å². The van der Waals surface area contributed by atoms with Gasteiger partial charge in [-0.3, -0.25) is 0 Å². The Morgan fingerprint density at radius 1 is 1.12 bits per heavy atom. The van der Waals surface area contributed by atoms with Gasteiger partial charge in [0.2, 0.25) is 0 Å². The average Bonchev–Trinajstić information content (AvgIpc) is 2.70. The standard InChI is InChI=1S/C14H17NO/c1-9-4-5-10(2)12(8-9)14-7-6-13(16-14)11(3)15/h4-8,11H,15H2,1-3H3. The van der Waals surface area contributed by atoms with Crippen LogP contribution in [0.4, 0.5) is 0 Å². The van der Waals surface area contributed by atoms with Crippen LogP contribution in [0.3, 0.4) is 0 Å². The smallest absolute Gasteiger partial charge is 0.134 e. The molecule has 1 aromatic heterocycles. The van der Waals surface area contributed by atoms with Crippen LogP contribution in [0.25, 0.3) is 11.3 Å². The van der Waals surface area contributed by atoms with Crippen molar-refractivity contribution < 1.29 is 4.42 Å². The minimum Gasteiger partial charge on any atom is -0.459 e. The van der Waals surface area contributed by atoms with Gasteiger partial charge in [-0.2, -0.15) is 0 Å². The van der Waals surface area contributed by atoms with Crippen LogP contribution < -0.4 is 5.73 Å². The van der Waals surface area contributed by atoms with E-state index in [1.54, 1.807) is 0 Å². The minimum atomic E-state index is -0.0566. The van der Waals surface area contributed by atoms with Crippen molar-refractivity contribution in [1.82, 2.24) is 0 Å². The first-order valence-electron chi connectivity index (χ1n) is 5.51. The van der Waals surface area contributed by atoms with Crippen molar-refractivity contribution in [2.45, 2.75) is 26.8 Å². The van der Waals surface area contributed by atoms with Crippen LogP contribution >= 0.6 is 0 Å². The van der Waals surface area contributed by atoms with Crippen molar-refractivity contribution in [2.75, 3.05) is 0 Å². The summed E-state index contributed by atoms with van der Waals surface area (Å²) in [5.74, 6) is 1.73. The third-order valence-electron chi connectivity index (χ3n) is 2.73. The maximum Gasteiger partial charge on any atom is 0.134 e. The fraction of sp³-hybridized carbons (Fsp3) is 0.286. The Morgan fingerprint density at radius 2 is 1.88 bits per heavy atom. The molecule has 0 fully saturated rings. The quantitative estimate of drug-likeness (QED) is 0.831. The van der Waals surface area contributed by atoms with E-state index in [0.717, 1.165) is 17.1 Å². The topological polar surface area (TPSA) is 39.2 Å². The first-order chi connectivity index (χ1) is 7.58. The molecule has 0 spiro atoms. The van der Waals surface area contributed by atoms with Crippen LogP contribution in [0.2, 0.25) is 0 Å². The molecule has 2 heteroatoms. The Balaban J connectivity index is 2.46. The fourth-order valence-corrected chi connectivity index (χ4v) is 1.74. The van der Waals surface area contributed by atoms with Gasteiger partial charge >= 0.3 is 0 Å². The third-order valence-corrected chi connectivity index (χ3v) is 2.73. The molecule has 0 saturated carbocycles. The van der Waals surface area contributed by atoms with Crippen LogP contribution in [0.15, 0.2) is 34.7 Å². The van der Waals surface area contributed by atoms with E-state index in [2.05, 4.69) is 32.0 Å². The Kier molecular flexibility index (Phi) is 2.84. The van der Waals surface area contributed by atoms with Gasteiger partial charge in [-0.15, -0.1) is 0 Å². The number of hydrogen-bond donors (Lipinski definition) is 1. The number of hydrogen-bond acceptors (Lipinski definition) is 2. The third kappa shape index (κ3) is 2.02. The van der Waals surface area contributed by atoms with Crippen LogP contribution in [0.1, 0.15) is 29.9 Å². The number of furan rings is 1. The SMILES string of the molecule is Cc1ccc(C)c(-c2ccc(C(C)N)o2)c1. The number of nitrogens with two attached hydrogens (primary N) is 1. The maximum absolute atomic E-state index is 5.78. The first-order valence-corrected chi connectivity index (χ1v) is 5.51. The van der Waals surface area contributed by atoms with Gasteiger partial charge in [-0.25, -0.2) is 0 Å². The van der Waals surface area contributed by atoms with Gasteiger partial charge in [0.15, 0.2) is 0 Å². The Bertz CT molecular complexity index is 497. The molecule has 1 heterocycles. The molecule has 1 aromatic carbocycles. The zero-order valence-corrected chi connectivity index (χ0v) is 9.95. The van der Waals surface area contributed by atoms with Gasteiger partial charge in [0.1, 0.15) is 11.5 Å². The summed E-state index contributed by atoms with van der Waals surface area (Å²) >= 11 is 0. The summed E-state index contributed by atoms with van der Waals surface area (Å²) in [6.07, 6.45) is 0. The van der Waals surface area contributed by atoms with Crippen molar-refractivity contribution in [1.29, 1.82) is 0 Å². The van der Waals surface area contributed by atoms with Crippen LogP contribution in [0, 0.1) is 13.8 Å². The Morgan fingerprint density at radius 3 is 2.50 bits per heavy atom. The maximum atomic E-state index is 5.78. The molecule has 0 bridgehead atoms. The summed E-state index contributed by atoms with van der Waals surface area (Å²) in [6.45, 7) is 6.09. The summed E-state index contributed by atoms with van der Waals surface area (Å²) in [4.78, 5) is 0. The zero-order valence-electron chi connectivity index (χ0n) is 9.95. The highest BCUT2D eigenvalue weighted by Gasteiger charge is 2.09. The highest BCUT2D eigenvalue weighted by atomic mass is 16.3. The van der Waals surface area contributed by atoms with Crippen molar-refractivity contribution in [3.8, 4) is 11.3 Å². The van der Waals surface area contributed by atoms with Gasteiger partial charge < -0.3 is 10.2 Å². The molecule has 0 radical (unpaired) electrons. The lowest BCUT2D eigenvalue weighted by molar-refractivity contribution is 0.491. The van der Waals surface area contributed by atoms with Crippen molar-refractivity contribution in [3.05, 3.63) is 47.2 Å². The van der Waals surface area contributed by atoms with E-state index >= 15 is 0 Å². The monoisotopic (exact) mass is 215 g/mol. The predicted octanol–water partition coefficient (Wildman–Crippen LogP) is 3.58. The largest absolute Gasteiger partial charge is 0.459 e. The predicted molar refractivity (Wildman–Crippen MR) is 66.2 cm³/mol. The number of aryl methyl sites for hydroxylation is 2. The molecular formula is C14H17NO. The summed E-state index contributed by atoms with van der Waals surface area (Å²) in [6, 6.07) is 10.2. The zero-order chi connectivity index (χ0) is 11.7. The van der Waals surface area contributed by atoms with Crippen LogP contribution in [-0.2, 0) is 0 Å². The molecular weight excluding hydrogens is 198 g/mol. The molecule has 1 unspecified atom stereocenters. The van der Waals surface area contributed by atoms with Gasteiger partial charge in [-0.05, 0) is 44.5 Å². The van der Waals surface area contributed by atoms with Gasteiger partial charge in [0, 0.05) is 5.56 Å². The summed E-state index contributed by atoms with van der Waals surface area (Å²) in [5, 5.41) is 0.